The van der Waals surface area contributed by atoms with Crippen molar-refractivity contribution in [3.05, 3.63) is 35.2 Å². The molecule has 0 fully saturated rings. The molecule has 0 saturated carbocycles. The highest BCUT2D eigenvalue weighted by atomic mass is 19.2. The van der Waals surface area contributed by atoms with Crippen LogP contribution in [0.1, 0.15) is 0 Å². The van der Waals surface area contributed by atoms with Crippen molar-refractivity contribution in [2.75, 3.05) is 6.79 Å². The first-order chi connectivity index (χ1) is 9.91. The summed E-state index contributed by atoms with van der Waals surface area (Å²) >= 11 is 0. The molecule has 0 radical (unpaired) electrons. The maximum atomic E-state index is 13.1. The molecule has 6 nitrogen and oxygen atoms in total. The molecule has 0 bridgehead atoms. The monoisotopic (exact) mass is 312 g/mol. The number of hydrogen-bond donors (Lipinski definition) is 0. The molecule has 112 valence electrons. The Bertz CT molecular complexity index is 628. The summed E-state index contributed by atoms with van der Waals surface area (Å²) in [7, 11) is 0. The van der Waals surface area contributed by atoms with E-state index in [0.717, 1.165) is 0 Å². The molecular formula is C9H2F6N4O2. The summed E-state index contributed by atoms with van der Waals surface area (Å²) in [5, 5.41) is 10.8. The number of hydrogen-bond acceptors (Lipinski definition) is 6. The van der Waals surface area contributed by atoms with Crippen LogP contribution in [0.3, 0.4) is 0 Å². The van der Waals surface area contributed by atoms with E-state index in [4.69, 9.17) is 0 Å². The van der Waals surface area contributed by atoms with Crippen molar-refractivity contribution in [2.45, 2.75) is 0 Å². The minimum atomic E-state index is -1.95. The van der Waals surface area contributed by atoms with Crippen LogP contribution in [0.4, 0.5) is 26.3 Å². The van der Waals surface area contributed by atoms with Crippen LogP contribution in [0.15, 0.2) is 0 Å². The number of halogens is 6. The van der Waals surface area contributed by atoms with Crippen molar-refractivity contribution >= 4 is 0 Å². The lowest BCUT2D eigenvalue weighted by molar-refractivity contribution is 0.0948. The molecule has 2 aromatic heterocycles. The average molecular weight is 312 g/mol. The van der Waals surface area contributed by atoms with Crippen LogP contribution < -0.4 is 9.47 Å². The molecule has 0 aliphatic rings. The van der Waals surface area contributed by atoms with Crippen LogP contribution in [-0.4, -0.2) is 27.2 Å². The molecule has 0 spiro atoms. The molecule has 0 amide bonds. The van der Waals surface area contributed by atoms with E-state index < -0.39 is 53.7 Å². The van der Waals surface area contributed by atoms with Gasteiger partial charge in [-0.25, -0.2) is 0 Å². The Kier molecular flexibility index (Phi) is 4.05. The van der Waals surface area contributed by atoms with Crippen molar-refractivity contribution in [2.24, 2.45) is 0 Å². The van der Waals surface area contributed by atoms with Gasteiger partial charge in [-0.2, -0.15) is 26.3 Å². The van der Waals surface area contributed by atoms with Crippen LogP contribution in [0.5, 0.6) is 11.8 Å². The highest BCUT2D eigenvalue weighted by molar-refractivity contribution is 5.14. The third-order valence-electron chi connectivity index (χ3n) is 1.97. The van der Waals surface area contributed by atoms with E-state index >= 15 is 0 Å². The molecule has 2 heterocycles. The Hall–Kier alpha value is -2.66. The summed E-state index contributed by atoms with van der Waals surface area (Å²) in [5.74, 6) is -13.3. The minimum absolute atomic E-state index is 1.03. The predicted molar refractivity (Wildman–Crippen MR) is 49.9 cm³/mol. The van der Waals surface area contributed by atoms with Crippen LogP contribution in [0, 0.1) is 35.2 Å². The first kappa shape index (κ1) is 14.7. The summed E-state index contributed by atoms with van der Waals surface area (Å²) in [6.07, 6.45) is 0. The Balaban J connectivity index is 2.06. The maximum Gasteiger partial charge on any atom is 0.276 e. The third kappa shape index (κ3) is 2.93. The minimum Gasteiger partial charge on any atom is -0.437 e. The van der Waals surface area contributed by atoms with Crippen LogP contribution in [0.25, 0.3) is 0 Å². The van der Waals surface area contributed by atoms with Gasteiger partial charge in [-0.05, 0) is 0 Å². The number of aromatic nitrogens is 4. The van der Waals surface area contributed by atoms with E-state index in [2.05, 4.69) is 29.9 Å². The van der Waals surface area contributed by atoms with Gasteiger partial charge in [0.15, 0.2) is 0 Å². The fourth-order valence-electron chi connectivity index (χ4n) is 1.05. The van der Waals surface area contributed by atoms with Gasteiger partial charge in [-0.15, -0.1) is 20.4 Å². The van der Waals surface area contributed by atoms with E-state index in [1.54, 1.807) is 0 Å². The lowest BCUT2D eigenvalue weighted by Gasteiger charge is -2.07. The Morgan fingerprint density at radius 2 is 0.952 bits per heavy atom. The van der Waals surface area contributed by atoms with E-state index in [-0.39, 0.29) is 0 Å². The standard InChI is InChI=1S/C9H2F6N4O2/c10-2-4(12)8(18-16-6(2)14)20-1-21-9-5(13)3(11)7(15)17-19-9/h1H2. The lowest BCUT2D eigenvalue weighted by atomic mass is 10.5. The zero-order chi connectivity index (χ0) is 15.6. The summed E-state index contributed by atoms with van der Waals surface area (Å²) in [6, 6.07) is 0. The van der Waals surface area contributed by atoms with Gasteiger partial charge < -0.3 is 9.47 Å². The zero-order valence-electron chi connectivity index (χ0n) is 9.58. The molecular weight excluding hydrogens is 310 g/mol. The van der Waals surface area contributed by atoms with Crippen LogP contribution >= 0.6 is 0 Å². The second-order valence-corrected chi connectivity index (χ2v) is 3.25. The third-order valence-corrected chi connectivity index (χ3v) is 1.97. The van der Waals surface area contributed by atoms with Gasteiger partial charge in [0, 0.05) is 0 Å². The van der Waals surface area contributed by atoms with Crippen molar-refractivity contribution in [3.63, 3.8) is 0 Å². The Labute approximate surface area is 111 Å². The molecule has 0 saturated heterocycles. The highest BCUT2D eigenvalue weighted by Crippen LogP contribution is 2.19. The summed E-state index contributed by atoms with van der Waals surface area (Å²) in [5.41, 5.74) is 0. The topological polar surface area (TPSA) is 70.0 Å². The Morgan fingerprint density at radius 1 is 0.571 bits per heavy atom. The van der Waals surface area contributed by atoms with E-state index in [1.807, 2.05) is 0 Å². The number of nitrogens with zero attached hydrogens (tertiary/aromatic N) is 4. The van der Waals surface area contributed by atoms with E-state index in [0.29, 0.717) is 0 Å². The fourth-order valence-corrected chi connectivity index (χ4v) is 1.05. The van der Waals surface area contributed by atoms with Gasteiger partial charge in [0.2, 0.25) is 30.1 Å². The molecule has 0 N–H and O–H groups in total. The lowest BCUT2D eigenvalue weighted by Crippen LogP contribution is -2.13. The normalized spacial score (nSPS) is 10.6. The first-order valence-corrected chi connectivity index (χ1v) is 4.91. The molecule has 2 rings (SSSR count). The van der Waals surface area contributed by atoms with Crippen molar-refractivity contribution in [1.82, 2.24) is 20.4 Å². The maximum absolute atomic E-state index is 13.1. The van der Waals surface area contributed by atoms with Gasteiger partial charge in [0.1, 0.15) is 0 Å². The summed E-state index contributed by atoms with van der Waals surface area (Å²) in [6.45, 7) is -1.03. The SMILES string of the molecule is Fc1nnc(OCOc2nnc(F)c(F)c2F)c(F)c1F. The second-order valence-electron chi connectivity index (χ2n) is 3.25. The molecule has 0 aromatic carbocycles. The predicted octanol–water partition coefficient (Wildman–Crippen LogP) is 1.52. The summed E-state index contributed by atoms with van der Waals surface area (Å²) in [4.78, 5) is 0. The average Bonchev–Trinajstić information content (AvgIpc) is 2.47. The second kappa shape index (κ2) is 5.76. The molecule has 0 aliphatic carbocycles. The smallest absolute Gasteiger partial charge is 0.276 e. The van der Waals surface area contributed by atoms with E-state index in [1.165, 1.54) is 0 Å². The van der Waals surface area contributed by atoms with Gasteiger partial charge in [0.05, 0.1) is 0 Å². The van der Waals surface area contributed by atoms with Crippen LogP contribution in [0.2, 0.25) is 0 Å². The highest BCUT2D eigenvalue weighted by Gasteiger charge is 2.20. The van der Waals surface area contributed by atoms with Gasteiger partial charge in [0.25, 0.3) is 23.7 Å². The molecule has 0 aliphatic heterocycles. The van der Waals surface area contributed by atoms with Gasteiger partial charge in [-0.3, -0.25) is 0 Å². The molecule has 21 heavy (non-hydrogen) atoms. The Morgan fingerprint density at radius 3 is 1.33 bits per heavy atom. The van der Waals surface area contributed by atoms with E-state index in [9.17, 15) is 26.3 Å². The first-order valence-electron chi connectivity index (χ1n) is 4.91. The molecule has 0 unspecified atom stereocenters. The number of ether oxygens (including phenoxy) is 2. The van der Waals surface area contributed by atoms with Crippen molar-refractivity contribution in [3.8, 4) is 11.8 Å². The quantitative estimate of drug-likeness (QED) is 0.630. The largest absolute Gasteiger partial charge is 0.437 e. The van der Waals surface area contributed by atoms with Gasteiger partial charge in [-0.1, -0.05) is 0 Å². The van der Waals surface area contributed by atoms with Crippen LogP contribution in [-0.2, 0) is 0 Å². The van der Waals surface area contributed by atoms with Gasteiger partial charge >= 0.3 is 0 Å². The zero-order valence-corrected chi connectivity index (χ0v) is 9.58. The summed E-state index contributed by atoms with van der Waals surface area (Å²) < 4.78 is 85.3. The molecule has 2 aromatic rings. The molecule has 12 heteroatoms. The van der Waals surface area contributed by atoms with Crippen molar-refractivity contribution < 1.29 is 35.8 Å². The fraction of sp³-hybridized carbons (Fsp3) is 0.111. The number of rotatable bonds is 4. The van der Waals surface area contributed by atoms with Crippen molar-refractivity contribution in [1.29, 1.82) is 0 Å². The molecule has 0 atom stereocenters.